The van der Waals surface area contributed by atoms with Crippen molar-refractivity contribution in [3.63, 3.8) is 0 Å². The maximum absolute atomic E-state index is 14.0. The van der Waals surface area contributed by atoms with Crippen LogP contribution in [0.15, 0.2) is 79.0 Å². The Labute approximate surface area is 224 Å². The largest absolute Gasteiger partial charge is 0.497 e. The first-order chi connectivity index (χ1) is 18.8. The Morgan fingerprint density at radius 3 is 2.41 bits per heavy atom. The first-order valence-corrected chi connectivity index (χ1v) is 12.1. The molecule has 0 aliphatic carbocycles. The fraction of sp³-hybridized carbons (Fsp3) is 0.167. The predicted octanol–water partition coefficient (Wildman–Crippen LogP) is 4.79. The van der Waals surface area contributed by atoms with Crippen LogP contribution in [0.3, 0.4) is 0 Å². The minimum Gasteiger partial charge on any atom is -0.497 e. The number of ether oxygens (including phenoxy) is 2. The lowest BCUT2D eigenvalue weighted by Crippen LogP contribution is -2.32. The number of benzene rings is 3. The van der Waals surface area contributed by atoms with E-state index >= 15 is 0 Å². The zero-order valence-corrected chi connectivity index (χ0v) is 21.4. The molecule has 4 aromatic rings. The summed E-state index contributed by atoms with van der Waals surface area (Å²) < 4.78 is 38.7. The zero-order valence-electron chi connectivity index (χ0n) is 21.4. The molecule has 0 aliphatic rings. The summed E-state index contributed by atoms with van der Waals surface area (Å²) in [7, 11) is 3.03. The fourth-order valence-corrected chi connectivity index (χ4v) is 4.38. The topological polar surface area (TPSA) is 104 Å². The minimum absolute atomic E-state index is 0.0273. The molecule has 0 saturated carbocycles. The van der Waals surface area contributed by atoms with Crippen LogP contribution in [-0.2, 0) is 17.6 Å². The van der Waals surface area contributed by atoms with Crippen molar-refractivity contribution in [2.24, 2.45) is 5.73 Å². The van der Waals surface area contributed by atoms with Crippen molar-refractivity contribution in [2.75, 3.05) is 14.2 Å². The van der Waals surface area contributed by atoms with Gasteiger partial charge in [-0.1, -0.05) is 24.3 Å². The Bertz CT molecular complexity index is 1490. The normalized spacial score (nSPS) is 11.5. The third-order valence-corrected chi connectivity index (χ3v) is 6.17. The quantitative estimate of drug-likeness (QED) is 0.306. The second kappa shape index (κ2) is 12.2. The maximum atomic E-state index is 14.0. The van der Waals surface area contributed by atoms with Gasteiger partial charge in [0.15, 0.2) is 0 Å². The molecule has 1 unspecified atom stereocenters. The van der Waals surface area contributed by atoms with Gasteiger partial charge in [0.1, 0.15) is 23.1 Å². The molecule has 0 spiro atoms. The number of nitrogens with one attached hydrogen (secondary N) is 1. The van der Waals surface area contributed by atoms with Gasteiger partial charge in [-0.25, -0.2) is 8.78 Å². The highest BCUT2D eigenvalue weighted by molar-refractivity contribution is 5.94. The number of amides is 2. The van der Waals surface area contributed by atoms with Crippen LogP contribution in [0.2, 0.25) is 0 Å². The highest BCUT2D eigenvalue weighted by Crippen LogP contribution is 2.30. The summed E-state index contributed by atoms with van der Waals surface area (Å²) in [6.07, 6.45) is 1.59. The van der Waals surface area contributed by atoms with E-state index in [0.29, 0.717) is 45.0 Å². The molecule has 39 heavy (non-hydrogen) atoms. The van der Waals surface area contributed by atoms with Crippen LogP contribution >= 0.6 is 0 Å². The molecule has 3 N–H and O–H groups in total. The highest BCUT2D eigenvalue weighted by Gasteiger charge is 2.22. The number of halogens is 2. The van der Waals surface area contributed by atoms with Gasteiger partial charge >= 0.3 is 0 Å². The van der Waals surface area contributed by atoms with Crippen LogP contribution in [-0.4, -0.2) is 31.0 Å². The van der Waals surface area contributed by atoms with Gasteiger partial charge in [-0.15, -0.1) is 0 Å². The van der Waals surface area contributed by atoms with Gasteiger partial charge in [-0.3, -0.25) is 14.6 Å². The molecule has 0 radical (unpaired) electrons. The molecule has 0 bridgehead atoms. The van der Waals surface area contributed by atoms with Crippen molar-refractivity contribution in [1.29, 1.82) is 0 Å². The van der Waals surface area contributed by atoms with Crippen LogP contribution in [0.4, 0.5) is 8.78 Å². The molecule has 4 rings (SSSR count). The van der Waals surface area contributed by atoms with Gasteiger partial charge in [-0.2, -0.15) is 0 Å². The van der Waals surface area contributed by atoms with Crippen molar-refractivity contribution in [3.8, 4) is 22.6 Å². The van der Waals surface area contributed by atoms with E-state index in [4.69, 9.17) is 15.2 Å². The average molecular weight is 532 g/mol. The van der Waals surface area contributed by atoms with E-state index in [2.05, 4.69) is 10.3 Å². The van der Waals surface area contributed by atoms with Crippen molar-refractivity contribution in [1.82, 2.24) is 10.3 Å². The lowest BCUT2D eigenvalue weighted by Gasteiger charge is -2.22. The maximum Gasteiger partial charge on any atom is 0.248 e. The highest BCUT2D eigenvalue weighted by atomic mass is 19.1. The fourth-order valence-electron chi connectivity index (χ4n) is 4.38. The van der Waals surface area contributed by atoms with Gasteiger partial charge in [0.2, 0.25) is 11.8 Å². The van der Waals surface area contributed by atoms with E-state index in [1.165, 1.54) is 26.4 Å². The first-order valence-electron chi connectivity index (χ1n) is 12.1. The smallest absolute Gasteiger partial charge is 0.248 e. The van der Waals surface area contributed by atoms with Crippen LogP contribution in [0, 0.1) is 11.6 Å². The van der Waals surface area contributed by atoms with Crippen LogP contribution in [0.1, 0.15) is 33.2 Å². The van der Waals surface area contributed by atoms with Gasteiger partial charge in [-0.05, 0) is 53.9 Å². The lowest BCUT2D eigenvalue weighted by atomic mass is 9.94. The van der Waals surface area contributed by atoms with E-state index in [9.17, 15) is 18.4 Å². The summed E-state index contributed by atoms with van der Waals surface area (Å²) in [5, 5.41) is 2.97. The van der Waals surface area contributed by atoms with Crippen LogP contribution in [0.25, 0.3) is 11.1 Å². The number of carbonyl (C=O) groups excluding carboxylic acids is 2. The zero-order chi connectivity index (χ0) is 27.9. The molecule has 3 aromatic carbocycles. The second-order valence-electron chi connectivity index (χ2n) is 8.84. The summed E-state index contributed by atoms with van der Waals surface area (Å²) in [6, 6.07) is 17.8. The molecule has 0 aliphatic heterocycles. The Hall–Kier alpha value is -4.79. The monoisotopic (exact) mass is 531 g/mol. The summed E-state index contributed by atoms with van der Waals surface area (Å²) in [4.78, 5) is 29.6. The Morgan fingerprint density at radius 2 is 1.72 bits per heavy atom. The van der Waals surface area contributed by atoms with Crippen LogP contribution < -0.4 is 20.5 Å². The number of aromatic nitrogens is 1. The second-order valence-corrected chi connectivity index (χ2v) is 8.84. The number of hydrogen-bond donors (Lipinski definition) is 2. The van der Waals surface area contributed by atoms with Gasteiger partial charge in [0.25, 0.3) is 0 Å². The third-order valence-electron chi connectivity index (χ3n) is 6.17. The van der Waals surface area contributed by atoms with Crippen molar-refractivity contribution < 1.29 is 27.8 Å². The van der Waals surface area contributed by atoms with Crippen molar-refractivity contribution in [3.05, 3.63) is 113 Å². The van der Waals surface area contributed by atoms with E-state index in [1.54, 1.807) is 60.8 Å². The Balaban J connectivity index is 1.72. The molecule has 1 atom stereocenters. The van der Waals surface area contributed by atoms with E-state index in [1.807, 2.05) is 0 Å². The molecule has 1 heterocycles. The predicted molar refractivity (Wildman–Crippen MR) is 142 cm³/mol. The molecule has 9 heteroatoms. The number of hydrogen-bond acceptors (Lipinski definition) is 5. The summed E-state index contributed by atoms with van der Waals surface area (Å²) in [5.74, 6) is -1.34. The average Bonchev–Trinajstić information content (AvgIpc) is 2.92. The van der Waals surface area contributed by atoms with Crippen molar-refractivity contribution >= 4 is 11.8 Å². The summed E-state index contributed by atoms with van der Waals surface area (Å²) in [6.45, 7) is 0. The number of primary amides is 1. The number of rotatable bonds is 10. The standard InChI is InChI=1S/C30H27F2N3O4/c1-38-24-9-8-20(27(17-24)39-2)15-28(36)35-26(13-18-11-22(31)16-23(32)12-18)29-25(7-4-10-34-29)19-5-3-6-21(14-19)30(33)37/h3-12,14,16-17,26H,13,15H2,1-2H3,(H2,33,37)(H,35,36). The van der Waals surface area contributed by atoms with Crippen LogP contribution in [0.5, 0.6) is 11.5 Å². The number of methoxy groups -OCH3 is 2. The molecule has 1 aromatic heterocycles. The summed E-state index contributed by atoms with van der Waals surface area (Å²) >= 11 is 0. The van der Waals surface area contributed by atoms with Gasteiger partial charge in [0, 0.05) is 35.0 Å². The minimum atomic E-state index is -0.767. The van der Waals surface area contributed by atoms with E-state index < -0.39 is 23.6 Å². The molecular weight excluding hydrogens is 504 g/mol. The Kier molecular flexibility index (Phi) is 8.50. The number of nitrogens with zero attached hydrogens (tertiary/aromatic N) is 1. The SMILES string of the molecule is COc1ccc(CC(=O)NC(Cc2cc(F)cc(F)c2)c2ncccc2-c2cccc(C(N)=O)c2)c(OC)c1. The lowest BCUT2D eigenvalue weighted by molar-refractivity contribution is -0.121. The Morgan fingerprint density at radius 1 is 0.949 bits per heavy atom. The molecule has 0 fully saturated rings. The first kappa shape index (κ1) is 27.3. The number of carbonyl (C=O) groups is 2. The molecule has 200 valence electrons. The van der Waals surface area contributed by atoms with Gasteiger partial charge in [0.05, 0.1) is 32.4 Å². The van der Waals surface area contributed by atoms with Crippen molar-refractivity contribution in [2.45, 2.75) is 18.9 Å². The number of nitrogens with two attached hydrogens (primary N) is 1. The molecule has 0 saturated heterocycles. The summed E-state index contributed by atoms with van der Waals surface area (Å²) in [5.41, 5.74) is 8.47. The third kappa shape index (κ3) is 6.75. The number of pyridine rings is 1. The van der Waals surface area contributed by atoms with E-state index in [-0.39, 0.29) is 18.7 Å². The molecule has 7 nitrogen and oxygen atoms in total. The molecular formula is C30H27F2N3O4. The van der Waals surface area contributed by atoms with Gasteiger partial charge < -0.3 is 20.5 Å². The van der Waals surface area contributed by atoms with E-state index in [0.717, 1.165) is 6.07 Å². The molecule has 2 amide bonds.